The summed E-state index contributed by atoms with van der Waals surface area (Å²) in [4.78, 5) is 0. The van der Waals surface area contributed by atoms with Crippen molar-refractivity contribution >= 4 is 0 Å². The third kappa shape index (κ3) is 4.82. The summed E-state index contributed by atoms with van der Waals surface area (Å²) in [6, 6.07) is 16.4. The normalized spacial score (nSPS) is 11.4. The predicted octanol–water partition coefficient (Wildman–Crippen LogP) is 1.34. The molecule has 0 saturated heterocycles. The molecule has 2 aromatic rings. The second kappa shape index (κ2) is 8.79. The minimum atomic E-state index is 0. The number of nitrogens with zero attached hydrogens (tertiary/aromatic N) is 1. The first kappa shape index (κ1) is 17.6. The number of benzene rings is 2. The Labute approximate surface area is 138 Å². The summed E-state index contributed by atoms with van der Waals surface area (Å²) in [7, 11) is 3.28. The van der Waals surface area contributed by atoms with Crippen molar-refractivity contribution in [3.8, 4) is 11.5 Å². The Morgan fingerprint density at radius 2 is 1.62 bits per heavy atom. The van der Waals surface area contributed by atoms with Crippen LogP contribution in [0.15, 0.2) is 48.5 Å². The molecule has 4 heteroatoms. The van der Waals surface area contributed by atoms with Crippen LogP contribution in [0.3, 0.4) is 0 Å². The minimum Gasteiger partial charge on any atom is -0.652 e. The largest absolute Gasteiger partial charge is 1.00 e. The smallest absolute Gasteiger partial charge is 0.652 e. The second-order valence-electron chi connectivity index (χ2n) is 4.62. The monoisotopic (exact) mass is 277 g/mol. The van der Waals surface area contributed by atoms with E-state index in [1.54, 1.807) is 14.2 Å². The standard InChI is InChI=1S/C17H20NO2.Li/c1-13(15-7-5-4-6-8-15)18-12-14-9-10-16(19-2)17(11-14)20-3;/h4-11,13H,12H2,1-3H3;/q-1;+1/t13-;/m1./s1. The molecule has 0 aromatic heterocycles. The predicted molar refractivity (Wildman–Crippen MR) is 81.5 cm³/mol. The van der Waals surface area contributed by atoms with Crippen LogP contribution < -0.4 is 28.3 Å². The number of rotatable bonds is 6. The Hall–Kier alpha value is -1.40. The molecule has 0 N–H and O–H groups in total. The van der Waals surface area contributed by atoms with Gasteiger partial charge < -0.3 is 14.8 Å². The summed E-state index contributed by atoms with van der Waals surface area (Å²) < 4.78 is 10.5. The van der Waals surface area contributed by atoms with Crippen molar-refractivity contribution in [1.82, 2.24) is 0 Å². The second-order valence-corrected chi connectivity index (χ2v) is 4.62. The maximum absolute atomic E-state index is 5.30. The van der Waals surface area contributed by atoms with Crippen molar-refractivity contribution in [1.29, 1.82) is 0 Å². The third-order valence-corrected chi connectivity index (χ3v) is 3.28. The SMILES string of the molecule is COc1ccc(C[N-][C@H](C)c2ccccc2)cc1OC.[Li+]. The summed E-state index contributed by atoms with van der Waals surface area (Å²) in [5.74, 6) is 1.49. The molecule has 2 rings (SSSR count). The molecule has 21 heavy (non-hydrogen) atoms. The van der Waals surface area contributed by atoms with E-state index in [9.17, 15) is 0 Å². The molecule has 2 aromatic carbocycles. The molecular formula is C17H20LiNO2. The Morgan fingerprint density at radius 3 is 2.24 bits per heavy atom. The van der Waals surface area contributed by atoms with Crippen LogP contribution in [0.2, 0.25) is 0 Å². The molecule has 1 atom stereocenters. The van der Waals surface area contributed by atoms with Crippen molar-refractivity contribution < 1.29 is 28.3 Å². The zero-order valence-corrected chi connectivity index (χ0v) is 13.2. The summed E-state index contributed by atoms with van der Waals surface area (Å²) >= 11 is 0. The molecule has 0 heterocycles. The first-order chi connectivity index (χ1) is 9.74. The average molecular weight is 277 g/mol. The maximum Gasteiger partial charge on any atom is 1.00 e. The third-order valence-electron chi connectivity index (χ3n) is 3.28. The van der Waals surface area contributed by atoms with Crippen LogP contribution >= 0.6 is 0 Å². The topological polar surface area (TPSA) is 32.6 Å². The Morgan fingerprint density at radius 1 is 0.952 bits per heavy atom. The van der Waals surface area contributed by atoms with Gasteiger partial charge in [0.15, 0.2) is 11.5 Å². The van der Waals surface area contributed by atoms with E-state index in [1.807, 2.05) is 36.4 Å². The molecule has 0 bridgehead atoms. The van der Waals surface area contributed by atoms with Gasteiger partial charge in [-0.05, 0) is 12.1 Å². The molecule has 0 spiro atoms. The first-order valence-electron chi connectivity index (χ1n) is 6.67. The fourth-order valence-electron chi connectivity index (χ4n) is 2.06. The summed E-state index contributed by atoms with van der Waals surface area (Å²) in [6.07, 6.45) is 0. The molecule has 106 valence electrons. The van der Waals surface area contributed by atoms with E-state index in [2.05, 4.69) is 19.1 Å². The Bertz CT molecular complexity index is 546. The number of ether oxygens (including phenoxy) is 2. The van der Waals surface area contributed by atoms with Crippen molar-refractivity contribution in [2.75, 3.05) is 14.2 Å². The van der Waals surface area contributed by atoms with E-state index in [-0.39, 0.29) is 24.9 Å². The van der Waals surface area contributed by atoms with E-state index >= 15 is 0 Å². The van der Waals surface area contributed by atoms with Gasteiger partial charge in [-0.15, -0.1) is 12.6 Å². The van der Waals surface area contributed by atoms with Crippen molar-refractivity contribution in [3.05, 3.63) is 65.0 Å². The van der Waals surface area contributed by atoms with Gasteiger partial charge >= 0.3 is 18.9 Å². The van der Waals surface area contributed by atoms with E-state index in [0.29, 0.717) is 6.54 Å². The van der Waals surface area contributed by atoms with Crippen LogP contribution in [-0.2, 0) is 6.54 Å². The van der Waals surface area contributed by atoms with Gasteiger partial charge in [0.2, 0.25) is 0 Å². The quantitative estimate of drug-likeness (QED) is 0.747. The minimum absolute atomic E-state index is 0. The van der Waals surface area contributed by atoms with Gasteiger partial charge in [0.25, 0.3) is 0 Å². The van der Waals surface area contributed by atoms with Crippen molar-refractivity contribution in [2.45, 2.75) is 19.5 Å². The summed E-state index contributed by atoms with van der Waals surface area (Å²) in [5, 5.41) is 4.70. The Kier molecular flexibility index (Phi) is 7.39. The molecule has 0 fully saturated rings. The number of hydrogen-bond acceptors (Lipinski definition) is 2. The van der Waals surface area contributed by atoms with E-state index < -0.39 is 0 Å². The Balaban J connectivity index is 0.00000220. The fraction of sp³-hybridized carbons (Fsp3) is 0.294. The van der Waals surface area contributed by atoms with Gasteiger partial charge in [0.05, 0.1) is 14.2 Å². The van der Waals surface area contributed by atoms with Gasteiger partial charge in [-0.1, -0.05) is 54.4 Å². The number of hydrogen-bond donors (Lipinski definition) is 0. The van der Waals surface area contributed by atoms with Crippen LogP contribution in [0.4, 0.5) is 0 Å². The van der Waals surface area contributed by atoms with E-state index in [1.165, 1.54) is 5.56 Å². The zero-order chi connectivity index (χ0) is 14.4. The molecular weight excluding hydrogens is 257 g/mol. The summed E-state index contributed by atoms with van der Waals surface area (Å²) in [6.45, 7) is 2.77. The molecule has 0 aliphatic heterocycles. The molecule has 0 unspecified atom stereocenters. The van der Waals surface area contributed by atoms with E-state index in [0.717, 1.165) is 17.1 Å². The van der Waals surface area contributed by atoms with Crippen LogP contribution in [0.5, 0.6) is 11.5 Å². The van der Waals surface area contributed by atoms with Crippen LogP contribution in [0, 0.1) is 0 Å². The fourth-order valence-corrected chi connectivity index (χ4v) is 2.06. The van der Waals surface area contributed by atoms with Gasteiger partial charge in [-0.2, -0.15) is 0 Å². The van der Waals surface area contributed by atoms with Crippen molar-refractivity contribution in [2.24, 2.45) is 0 Å². The molecule has 0 aliphatic carbocycles. The molecule has 0 radical (unpaired) electrons. The molecule has 0 aliphatic rings. The summed E-state index contributed by atoms with van der Waals surface area (Å²) in [5.41, 5.74) is 2.35. The zero-order valence-electron chi connectivity index (χ0n) is 13.2. The molecule has 3 nitrogen and oxygen atoms in total. The van der Waals surface area contributed by atoms with Gasteiger partial charge in [0.1, 0.15) is 0 Å². The van der Waals surface area contributed by atoms with Gasteiger partial charge in [0, 0.05) is 0 Å². The van der Waals surface area contributed by atoms with Crippen LogP contribution in [-0.4, -0.2) is 14.2 Å². The van der Waals surface area contributed by atoms with Crippen LogP contribution in [0.1, 0.15) is 24.1 Å². The van der Waals surface area contributed by atoms with Crippen LogP contribution in [0.25, 0.3) is 5.32 Å². The van der Waals surface area contributed by atoms with Crippen molar-refractivity contribution in [3.63, 3.8) is 0 Å². The average Bonchev–Trinajstić information content (AvgIpc) is 2.53. The van der Waals surface area contributed by atoms with Gasteiger partial charge in [-0.3, -0.25) is 0 Å². The van der Waals surface area contributed by atoms with Gasteiger partial charge in [-0.25, -0.2) is 0 Å². The number of methoxy groups -OCH3 is 2. The van der Waals surface area contributed by atoms with E-state index in [4.69, 9.17) is 14.8 Å². The molecule has 0 saturated carbocycles. The maximum atomic E-state index is 5.30. The first-order valence-corrected chi connectivity index (χ1v) is 6.67. The molecule has 0 amide bonds.